The van der Waals surface area contributed by atoms with Crippen LogP contribution in [0.3, 0.4) is 0 Å². The molecule has 6 nitrogen and oxygen atoms in total. The van der Waals surface area contributed by atoms with Crippen molar-refractivity contribution in [3.63, 3.8) is 0 Å². The molecule has 0 bridgehead atoms. The minimum absolute atomic E-state index is 0.221. The van der Waals surface area contributed by atoms with E-state index in [1.807, 2.05) is 6.07 Å². The Morgan fingerprint density at radius 1 is 0.960 bits per heavy atom. The Labute approximate surface area is 146 Å². The number of rotatable bonds is 8. The van der Waals surface area contributed by atoms with Crippen LogP contribution >= 0.6 is 0 Å². The molecule has 2 aromatic rings. The van der Waals surface area contributed by atoms with Crippen LogP contribution in [0.25, 0.3) is 0 Å². The number of benzene rings is 2. The lowest BCUT2D eigenvalue weighted by atomic mass is 9.90. The minimum atomic E-state index is -0.962. The average Bonchev–Trinajstić information content (AvgIpc) is 2.64. The summed E-state index contributed by atoms with van der Waals surface area (Å²) in [5.41, 5.74) is 1.28. The Hall–Kier alpha value is -2.89. The molecule has 0 spiro atoms. The van der Waals surface area contributed by atoms with E-state index in [0.717, 1.165) is 5.56 Å². The molecule has 0 aliphatic heterocycles. The van der Waals surface area contributed by atoms with Gasteiger partial charge in [-0.25, -0.2) is 0 Å². The van der Waals surface area contributed by atoms with E-state index in [1.54, 1.807) is 37.4 Å². The van der Waals surface area contributed by atoms with Crippen molar-refractivity contribution in [1.29, 1.82) is 0 Å². The number of hydrogen-bond acceptors (Lipinski definition) is 5. The highest BCUT2D eigenvalue weighted by Crippen LogP contribution is 2.37. The topological polar surface area (TPSA) is 74.2 Å². The highest BCUT2D eigenvalue weighted by Gasteiger charge is 2.26. The van der Waals surface area contributed by atoms with Crippen molar-refractivity contribution >= 4 is 5.97 Å². The van der Waals surface area contributed by atoms with Crippen LogP contribution in [0.5, 0.6) is 23.0 Å². The number of carbonyl (C=O) groups is 1. The first-order chi connectivity index (χ1) is 12.0. The van der Waals surface area contributed by atoms with E-state index in [-0.39, 0.29) is 6.42 Å². The van der Waals surface area contributed by atoms with Crippen LogP contribution in [0.1, 0.15) is 17.0 Å². The van der Waals surface area contributed by atoms with Crippen LogP contribution in [0.4, 0.5) is 0 Å². The quantitative estimate of drug-likeness (QED) is 0.791. The van der Waals surface area contributed by atoms with Crippen LogP contribution in [0.2, 0.25) is 0 Å². The van der Waals surface area contributed by atoms with Gasteiger partial charge in [0.25, 0.3) is 0 Å². The molecule has 0 fully saturated rings. The predicted octanol–water partition coefficient (Wildman–Crippen LogP) is 3.13. The molecule has 2 rings (SSSR count). The van der Waals surface area contributed by atoms with Crippen molar-refractivity contribution in [2.45, 2.75) is 12.3 Å². The normalized spacial score (nSPS) is 11.5. The summed E-state index contributed by atoms with van der Waals surface area (Å²) < 4.78 is 21.3. The molecule has 2 aromatic carbocycles. The summed E-state index contributed by atoms with van der Waals surface area (Å²) in [5, 5.41) is 9.79. The smallest absolute Gasteiger partial charge is 0.311 e. The van der Waals surface area contributed by atoms with Crippen LogP contribution < -0.4 is 18.9 Å². The van der Waals surface area contributed by atoms with Gasteiger partial charge < -0.3 is 24.1 Å². The zero-order valence-corrected chi connectivity index (χ0v) is 14.7. The second-order valence-corrected chi connectivity index (χ2v) is 5.36. The summed E-state index contributed by atoms with van der Waals surface area (Å²) in [6.45, 7) is 0. The van der Waals surface area contributed by atoms with E-state index < -0.39 is 11.9 Å². The fraction of sp³-hybridized carbons (Fsp3) is 0.316. The lowest BCUT2D eigenvalue weighted by molar-refractivity contribution is -0.138. The van der Waals surface area contributed by atoms with Crippen molar-refractivity contribution < 1.29 is 28.8 Å². The highest BCUT2D eigenvalue weighted by molar-refractivity contribution is 5.78. The Kier molecular flexibility index (Phi) is 6.11. The van der Waals surface area contributed by atoms with E-state index in [4.69, 9.17) is 18.9 Å². The standard InChI is InChI=1S/C19H22O6/c1-22-13-8-9-16(23-2)14(11-13)15(19(20)21)10-12-6-5-7-17(24-3)18(12)25-4/h5-9,11,15H,10H2,1-4H3,(H,20,21). The summed E-state index contributed by atoms with van der Waals surface area (Å²) in [7, 11) is 6.12. The molecule has 0 heterocycles. The largest absolute Gasteiger partial charge is 0.497 e. The van der Waals surface area contributed by atoms with Gasteiger partial charge in [-0.3, -0.25) is 4.79 Å². The molecule has 0 aromatic heterocycles. The number of hydrogen-bond donors (Lipinski definition) is 1. The fourth-order valence-corrected chi connectivity index (χ4v) is 2.78. The van der Waals surface area contributed by atoms with Gasteiger partial charge in [0.15, 0.2) is 11.5 Å². The third kappa shape index (κ3) is 3.96. The molecule has 0 saturated carbocycles. The van der Waals surface area contributed by atoms with Gasteiger partial charge in [-0.1, -0.05) is 12.1 Å². The van der Waals surface area contributed by atoms with E-state index in [0.29, 0.717) is 28.6 Å². The van der Waals surface area contributed by atoms with Gasteiger partial charge in [0, 0.05) is 5.56 Å². The Bertz CT molecular complexity index is 741. The Balaban J connectivity index is 2.49. The van der Waals surface area contributed by atoms with Gasteiger partial charge in [0.1, 0.15) is 11.5 Å². The summed E-state index contributed by atoms with van der Waals surface area (Å²) in [4.78, 5) is 12.0. The predicted molar refractivity (Wildman–Crippen MR) is 93.2 cm³/mol. The first-order valence-corrected chi connectivity index (χ1v) is 7.70. The van der Waals surface area contributed by atoms with E-state index in [1.165, 1.54) is 21.3 Å². The average molecular weight is 346 g/mol. The molecule has 1 atom stereocenters. The van der Waals surface area contributed by atoms with Gasteiger partial charge in [-0.05, 0) is 36.2 Å². The summed E-state index contributed by atoms with van der Waals surface area (Å²) >= 11 is 0. The molecule has 0 radical (unpaired) electrons. The molecule has 1 N–H and O–H groups in total. The van der Waals surface area contributed by atoms with Crippen molar-refractivity contribution in [3.8, 4) is 23.0 Å². The number of carboxylic acid groups (broad SMARTS) is 1. The number of para-hydroxylation sites is 1. The lowest BCUT2D eigenvalue weighted by Crippen LogP contribution is -2.16. The molecule has 134 valence electrons. The number of aliphatic carboxylic acids is 1. The third-order valence-corrected chi connectivity index (χ3v) is 4.02. The molecular formula is C19H22O6. The second-order valence-electron chi connectivity index (χ2n) is 5.36. The van der Waals surface area contributed by atoms with Gasteiger partial charge in [-0.15, -0.1) is 0 Å². The number of carboxylic acids is 1. The Morgan fingerprint density at radius 2 is 1.68 bits per heavy atom. The van der Waals surface area contributed by atoms with Crippen molar-refractivity contribution in [3.05, 3.63) is 47.5 Å². The molecule has 0 saturated heterocycles. The van der Waals surface area contributed by atoms with Crippen molar-refractivity contribution in [1.82, 2.24) is 0 Å². The Morgan fingerprint density at radius 3 is 2.24 bits per heavy atom. The van der Waals surface area contributed by atoms with Gasteiger partial charge in [-0.2, -0.15) is 0 Å². The molecule has 0 amide bonds. The van der Waals surface area contributed by atoms with E-state index in [2.05, 4.69) is 0 Å². The van der Waals surface area contributed by atoms with Crippen LogP contribution in [-0.4, -0.2) is 39.5 Å². The minimum Gasteiger partial charge on any atom is -0.497 e. The molecular weight excluding hydrogens is 324 g/mol. The summed E-state index contributed by atoms with van der Waals surface area (Å²) in [6, 6.07) is 10.5. The van der Waals surface area contributed by atoms with Crippen molar-refractivity contribution in [2.75, 3.05) is 28.4 Å². The zero-order valence-electron chi connectivity index (χ0n) is 14.7. The molecule has 6 heteroatoms. The van der Waals surface area contributed by atoms with Crippen LogP contribution in [0, 0.1) is 0 Å². The number of methoxy groups -OCH3 is 4. The maximum absolute atomic E-state index is 12.0. The van der Waals surface area contributed by atoms with Crippen LogP contribution in [-0.2, 0) is 11.2 Å². The van der Waals surface area contributed by atoms with Gasteiger partial charge in [0.05, 0.1) is 34.4 Å². The third-order valence-electron chi connectivity index (χ3n) is 4.02. The maximum Gasteiger partial charge on any atom is 0.311 e. The second kappa shape index (κ2) is 8.28. The summed E-state index contributed by atoms with van der Waals surface area (Å²) in [5.74, 6) is 0.358. The first-order valence-electron chi connectivity index (χ1n) is 7.70. The van der Waals surface area contributed by atoms with Gasteiger partial charge >= 0.3 is 5.97 Å². The maximum atomic E-state index is 12.0. The summed E-state index contributed by atoms with van der Waals surface area (Å²) in [6.07, 6.45) is 0.221. The number of ether oxygens (including phenoxy) is 4. The molecule has 1 unspecified atom stereocenters. The lowest BCUT2D eigenvalue weighted by Gasteiger charge is -2.19. The monoisotopic (exact) mass is 346 g/mol. The molecule has 0 aliphatic rings. The van der Waals surface area contributed by atoms with Crippen LogP contribution in [0.15, 0.2) is 36.4 Å². The van der Waals surface area contributed by atoms with Crippen molar-refractivity contribution in [2.24, 2.45) is 0 Å². The molecule has 25 heavy (non-hydrogen) atoms. The SMILES string of the molecule is COc1ccc(OC)c(C(Cc2cccc(OC)c2OC)C(=O)O)c1. The fourth-order valence-electron chi connectivity index (χ4n) is 2.78. The highest BCUT2D eigenvalue weighted by atomic mass is 16.5. The van der Waals surface area contributed by atoms with E-state index in [9.17, 15) is 9.90 Å². The van der Waals surface area contributed by atoms with E-state index >= 15 is 0 Å². The molecule has 0 aliphatic carbocycles. The first kappa shape index (κ1) is 18.4. The zero-order chi connectivity index (χ0) is 18.4. The van der Waals surface area contributed by atoms with Gasteiger partial charge in [0.2, 0.25) is 0 Å².